The summed E-state index contributed by atoms with van der Waals surface area (Å²) in [5.41, 5.74) is 2.30. The lowest BCUT2D eigenvalue weighted by Gasteiger charge is -2.52. The van der Waals surface area contributed by atoms with E-state index in [0.717, 1.165) is 42.9 Å². The van der Waals surface area contributed by atoms with Gasteiger partial charge in [0.15, 0.2) is 0 Å². The van der Waals surface area contributed by atoms with Gasteiger partial charge in [-0.1, -0.05) is 72.5 Å². The highest BCUT2D eigenvalue weighted by atomic mass is 16.5. The predicted octanol–water partition coefficient (Wildman–Crippen LogP) is 9.09. The molecule has 3 unspecified atom stereocenters. The minimum Gasteiger partial charge on any atom is -0.462 e. The van der Waals surface area contributed by atoms with Crippen molar-refractivity contribution in [1.82, 2.24) is 0 Å². The summed E-state index contributed by atoms with van der Waals surface area (Å²) in [5, 5.41) is 0. The molecular weight excluding hydrogens is 444 g/mol. The lowest BCUT2D eigenvalue weighted by atomic mass is 9.53. The molecule has 0 aromatic carbocycles. The number of carbonyl (C=O) groups excluding carboxylic acids is 2. The molecule has 3 rings (SSSR count). The van der Waals surface area contributed by atoms with Gasteiger partial charge in [-0.2, -0.15) is 0 Å². The topological polar surface area (TPSA) is 43.4 Å². The largest absolute Gasteiger partial charge is 0.462 e. The van der Waals surface area contributed by atoms with Gasteiger partial charge >= 0.3 is 5.97 Å². The quantitative estimate of drug-likeness (QED) is 0.161. The van der Waals surface area contributed by atoms with E-state index < -0.39 is 0 Å². The highest BCUT2D eigenvalue weighted by molar-refractivity contribution is 5.84. The molecule has 0 aliphatic heterocycles. The van der Waals surface area contributed by atoms with E-state index in [2.05, 4.69) is 40.7 Å². The minimum absolute atomic E-state index is 0.0137. The monoisotopic (exact) mass is 500 g/mol. The Morgan fingerprint density at radius 1 is 0.972 bits per heavy atom. The minimum atomic E-state index is -0.202. The third-order valence-corrected chi connectivity index (χ3v) is 10.8. The second kappa shape index (κ2) is 12.6. The number of fused-ring (bicyclic) bond motifs is 1. The number of hydrogen-bond donors (Lipinski definition) is 0. The van der Waals surface area contributed by atoms with Crippen molar-refractivity contribution in [2.75, 3.05) is 0 Å². The summed E-state index contributed by atoms with van der Waals surface area (Å²) in [6.07, 6.45) is 18.4. The van der Waals surface area contributed by atoms with Crippen LogP contribution < -0.4 is 0 Å². The third kappa shape index (κ3) is 6.84. The van der Waals surface area contributed by atoms with Crippen molar-refractivity contribution in [3.63, 3.8) is 0 Å². The van der Waals surface area contributed by atoms with Crippen molar-refractivity contribution in [1.29, 1.82) is 0 Å². The average molecular weight is 501 g/mol. The summed E-state index contributed by atoms with van der Waals surface area (Å²) in [7, 11) is 0. The van der Waals surface area contributed by atoms with Gasteiger partial charge in [-0.25, -0.2) is 0 Å². The first-order valence-electron chi connectivity index (χ1n) is 15.4. The van der Waals surface area contributed by atoms with Crippen LogP contribution in [0.2, 0.25) is 0 Å². The van der Waals surface area contributed by atoms with Crippen LogP contribution in [0, 0.1) is 40.4 Å². The number of Topliss-reactive ketones (excluding diaryl/α,β-unsaturated/α-hetero) is 1. The Hall–Kier alpha value is -1.12. The molecule has 0 radical (unpaired) electrons. The first-order valence-corrected chi connectivity index (χ1v) is 15.4. The first-order chi connectivity index (χ1) is 17.0. The van der Waals surface area contributed by atoms with Gasteiger partial charge in [0.25, 0.3) is 0 Å². The summed E-state index contributed by atoms with van der Waals surface area (Å²) in [4.78, 5) is 24.3. The van der Waals surface area contributed by atoms with Gasteiger partial charge in [0, 0.05) is 18.8 Å². The van der Waals surface area contributed by atoms with E-state index in [1.54, 1.807) is 0 Å². The van der Waals surface area contributed by atoms with Crippen LogP contribution in [-0.4, -0.2) is 17.9 Å². The van der Waals surface area contributed by atoms with E-state index in [1.165, 1.54) is 63.4 Å². The molecule has 3 fully saturated rings. The summed E-state index contributed by atoms with van der Waals surface area (Å²) < 4.78 is 5.86. The SMILES string of the molecule is C/C=C1/CC(OC(=O)CCC(=O)C(C)C)CC[C@]1(C)C1CCC2(C)[C@@H](CCCCC(C)C)CC[C@H]2C1. The normalized spacial score (nSPS) is 35.9. The molecule has 3 aliphatic rings. The van der Waals surface area contributed by atoms with Crippen molar-refractivity contribution < 1.29 is 14.3 Å². The average Bonchev–Trinajstić information content (AvgIpc) is 3.16. The molecule has 206 valence electrons. The fourth-order valence-corrected chi connectivity index (χ4v) is 8.11. The zero-order chi connectivity index (χ0) is 26.5. The highest BCUT2D eigenvalue weighted by Gasteiger charge is 2.53. The van der Waals surface area contributed by atoms with Crippen LogP contribution in [0.5, 0.6) is 0 Å². The number of ether oxygens (including phenoxy) is 1. The van der Waals surface area contributed by atoms with Crippen LogP contribution in [0.1, 0.15) is 138 Å². The molecule has 0 spiro atoms. The Morgan fingerprint density at radius 2 is 1.72 bits per heavy atom. The number of esters is 1. The number of carbonyl (C=O) groups is 2. The maximum atomic E-state index is 12.4. The summed E-state index contributed by atoms with van der Waals surface area (Å²) in [5.74, 6) is 3.33. The molecule has 3 heteroatoms. The van der Waals surface area contributed by atoms with Crippen LogP contribution in [0.25, 0.3) is 0 Å². The Labute approximate surface area is 222 Å². The van der Waals surface area contributed by atoms with Crippen LogP contribution in [0.4, 0.5) is 0 Å². The lowest BCUT2D eigenvalue weighted by molar-refractivity contribution is -0.152. The van der Waals surface area contributed by atoms with E-state index in [-0.39, 0.29) is 35.6 Å². The van der Waals surface area contributed by atoms with Gasteiger partial charge in [-0.3, -0.25) is 9.59 Å². The van der Waals surface area contributed by atoms with E-state index in [9.17, 15) is 9.59 Å². The number of rotatable bonds is 11. The fraction of sp³-hybridized carbons (Fsp3) is 0.879. The molecule has 0 heterocycles. The zero-order valence-electron chi connectivity index (χ0n) is 24.7. The van der Waals surface area contributed by atoms with Crippen LogP contribution in [0.15, 0.2) is 11.6 Å². The number of hydrogen-bond acceptors (Lipinski definition) is 3. The number of allylic oxidation sites excluding steroid dienone is 1. The highest BCUT2D eigenvalue weighted by Crippen LogP contribution is 2.62. The second-order valence-electron chi connectivity index (χ2n) is 13.8. The standard InChI is InChI=1S/C33H56O3/c1-8-25-22-29(36-31(35)16-15-30(34)24(4)5)18-20-32(25,6)28-17-19-33(7)26(13-14-27(33)21-28)12-10-9-11-23(2)3/h8,23-24,26-29H,9-22H2,1-7H3/b25-8-/t26-,27-,28?,29?,32-,33?/m0/s1. The summed E-state index contributed by atoms with van der Waals surface area (Å²) in [6, 6.07) is 0. The Kier molecular flexibility index (Phi) is 10.3. The van der Waals surface area contributed by atoms with E-state index in [1.807, 2.05) is 13.8 Å². The second-order valence-corrected chi connectivity index (χ2v) is 13.8. The molecular formula is C33H56O3. The van der Waals surface area contributed by atoms with Gasteiger partial charge in [-0.05, 0) is 92.8 Å². The van der Waals surface area contributed by atoms with Crippen molar-refractivity contribution >= 4 is 11.8 Å². The first kappa shape index (κ1) is 29.4. The van der Waals surface area contributed by atoms with E-state index in [0.29, 0.717) is 11.8 Å². The molecule has 0 amide bonds. The molecule has 0 aromatic rings. The molecule has 6 atom stereocenters. The van der Waals surface area contributed by atoms with Gasteiger partial charge in [-0.15, -0.1) is 0 Å². The Morgan fingerprint density at radius 3 is 2.39 bits per heavy atom. The van der Waals surface area contributed by atoms with E-state index >= 15 is 0 Å². The van der Waals surface area contributed by atoms with E-state index in [4.69, 9.17) is 4.74 Å². The maximum absolute atomic E-state index is 12.4. The lowest BCUT2D eigenvalue weighted by Crippen LogP contribution is -2.43. The number of unbranched alkanes of at least 4 members (excludes halogenated alkanes) is 1. The molecule has 3 nitrogen and oxygen atoms in total. The molecule has 0 N–H and O–H groups in total. The fourth-order valence-electron chi connectivity index (χ4n) is 8.11. The molecule has 3 aliphatic carbocycles. The van der Waals surface area contributed by atoms with Gasteiger partial charge in [0.05, 0.1) is 6.42 Å². The predicted molar refractivity (Wildman–Crippen MR) is 150 cm³/mol. The Balaban J connectivity index is 1.53. The molecule has 0 bridgehead atoms. The van der Waals surface area contributed by atoms with Crippen molar-refractivity contribution in [2.24, 2.45) is 40.4 Å². The maximum Gasteiger partial charge on any atom is 0.306 e. The third-order valence-electron chi connectivity index (χ3n) is 10.8. The smallest absolute Gasteiger partial charge is 0.306 e. The molecule has 0 saturated heterocycles. The zero-order valence-corrected chi connectivity index (χ0v) is 24.7. The van der Waals surface area contributed by atoms with Crippen LogP contribution in [0.3, 0.4) is 0 Å². The van der Waals surface area contributed by atoms with Crippen molar-refractivity contribution in [3.05, 3.63) is 11.6 Å². The molecule has 0 aromatic heterocycles. The van der Waals surface area contributed by atoms with Gasteiger partial charge < -0.3 is 4.74 Å². The molecule has 3 saturated carbocycles. The van der Waals surface area contributed by atoms with Crippen LogP contribution in [-0.2, 0) is 14.3 Å². The number of ketones is 1. The van der Waals surface area contributed by atoms with Gasteiger partial charge in [0.1, 0.15) is 11.9 Å². The van der Waals surface area contributed by atoms with Crippen molar-refractivity contribution in [3.8, 4) is 0 Å². The Bertz CT molecular complexity index is 780. The van der Waals surface area contributed by atoms with Crippen molar-refractivity contribution in [2.45, 2.75) is 144 Å². The molecule has 36 heavy (non-hydrogen) atoms. The summed E-state index contributed by atoms with van der Waals surface area (Å²) >= 11 is 0. The summed E-state index contributed by atoms with van der Waals surface area (Å²) in [6.45, 7) is 15.8. The van der Waals surface area contributed by atoms with Gasteiger partial charge in [0.2, 0.25) is 0 Å². The van der Waals surface area contributed by atoms with Crippen LogP contribution >= 0.6 is 0 Å².